The molecule has 3 aromatic rings. The highest BCUT2D eigenvalue weighted by atomic mass is 16.1. The van der Waals surface area contributed by atoms with E-state index in [0.29, 0.717) is 5.69 Å². The summed E-state index contributed by atoms with van der Waals surface area (Å²) in [5, 5.41) is 4.40. The van der Waals surface area contributed by atoms with Crippen molar-refractivity contribution in [1.29, 1.82) is 0 Å². The molecule has 2 aromatic heterocycles. The first-order chi connectivity index (χ1) is 9.29. The number of carbonyl (C=O) groups is 1. The quantitative estimate of drug-likeness (QED) is 0.530. The van der Waals surface area contributed by atoms with Gasteiger partial charge in [0, 0.05) is 23.2 Å². The predicted molar refractivity (Wildman–Crippen MR) is 74.5 cm³/mol. The van der Waals surface area contributed by atoms with Crippen molar-refractivity contribution < 1.29 is 4.79 Å². The van der Waals surface area contributed by atoms with Gasteiger partial charge >= 0.3 is 0 Å². The van der Waals surface area contributed by atoms with Crippen LogP contribution in [0.4, 0.5) is 5.69 Å². The Balaban J connectivity index is 2.36. The van der Waals surface area contributed by atoms with Gasteiger partial charge in [0.05, 0.1) is 16.7 Å². The van der Waals surface area contributed by atoms with Gasteiger partial charge in [-0.2, -0.15) is 0 Å². The van der Waals surface area contributed by atoms with E-state index in [0.717, 1.165) is 21.8 Å². The Bertz CT molecular complexity index is 834. The van der Waals surface area contributed by atoms with Crippen LogP contribution in [0, 0.1) is 12.3 Å². The van der Waals surface area contributed by atoms with Crippen molar-refractivity contribution in [3.8, 4) is 12.3 Å². The maximum atomic E-state index is 11.4. The van der Waals surface area contributed by atoms with Gasteiger partial charge in [-0.3, -0.25) is 14.8 Å². The minimum absolute atomic E-state index is 0.478. The zero-order valence-corrected chi connectivity index (χ0v) is 9.92. The maximum Gasteiger partial charge on any atom is 0.300 e. The van der Waals surface area contributed by atoms with Gasteiger partial charge in [0.2, 0.25) is 0 Å². The van der Waals surface area contributed by atoms with E-state index in [-0.39, 0.29) is 0 Å². The summed E-state index contributed by atoms with van der Waals surface area (Å²) in [6.07, 6.45) is 8.50. The molecular formula is C15H9N3O. The van der Waals surface area contributed by atoms with Crippen molar-refractivity contribution in [3.05, 3.63) is 42.7 Å². The topological polar surface area (TPSA) is 54.9 Å². The minimum atomic E-state index is -0.478. The number of hydrogen-bond acceptors (Lipinski definition) is 3. The van der Waals surface area contributed by atoms with Crippen LogP contribution < -0.4 is 5.32 Å². The number of nitrogens with zero attached hydrogens (tertiary/aromatic N) is 2. The van der Waals surface area contributed by atoms with Crippen LogP contribution >= 0.6 is 0 Å². The molecule has 4 heteroatoms. The molecule has 0 unspecified atom stereocenters. The molecule has 1 N–H and O–H groups in total. The number of nitrogens with one attached hydrogen (secondary N) is 1. The van der Waals surface area contributed by atoms with Crippen molar-refractivity contribution in [2.24, 2.45) is 0 Å². The summed E-state index contributed by atoms with van der Waals surface area (Å²) in [4.78, 5) is 20.0. The van der Waals surface area contributed by atoms with Crippen LogP contribution in [0.1, 0.15) is 0 Å². The van der Waals surface area contributed by atoms with E-state index in [9.17, 15) is 4.79 Å². The van der Waals surface area contributed by atoms with Gasteiger partial charge in [0.25, 0.3) is 5.91 Å². The van der Waals surface area contributed by atoms with Gasteiger partial charge < -0.3 is 5.32 Å². The minimum Gasteiger partial charge on any atom is -0.315 e. The Morgan fingerprint density at radius 1 is 1.16 bits per heavy atom. The third-order valence-electron chi connectivity index (χ3n) is 2.84. The highest BCUT2D eigenvalue weighted by Gasteiger charge is 2.09. The molecule has 0 aliphatic heterocycles. The van der Waals surface area contributed by atoms with E-state index in [4.69, 9.17) is 6.42 Å². The fourth-order valence-electron chi connectivity index (χ4n) is 2.04. The number of amides is 1. The Kier molecular flexibility index (Phi) is 2.58. The van der Waals surface area contributed by atoms with E-state index in [2.05, 4.69) is 15.3 Å². The lowest BCUT2D eigenvalue weighted by molar-refractivity contribution is -0.111. The first-order valence-corrected chi connectivity index (χ1v) is 5.69. The average molecular weight is 247 g/mol. The Morgan fingerprint density at radius 3 is 2.68 bits per heavy atom. The fourth-order valence-corrected chi connectivity index (χ4v) is 2.04. The maximum absolute atomic E-state index is 11.4. The van der Waals surface area contributed by atoms with Crippen LogP contribution in [0.25, 0.3) is 21.8 Å². The molecule has 0 aliphatic carbocycles. The van der Waals surface area contributed by atoms with Crippen molar-refractivity contribution in [2.75, 3.05) is 5.32 Å². The molecule has 90 valence electrons. The third-order valence-corrected chi connectivity index (χ3v) is 2.84. The molecule has 1 aromatic carbocycles. The van der Waals surface area contributed by atoms with Crippen molar-refractivity contribution in [1.82, 2.24) is 9.97 Å². The smallest absolute Gasteiger partial charge is 0.300 e. The second-order valence-corrected chi connectivity index (χ2v) is 4.00. The molecule has 2 heterocycles. The summed E-state index contributed by atoms with van der Waals surface area (Å²) in [6, 6.07) is 9.29. The molecule has 3 rings (SSSR count). The molecule has 19 heavy (non-hydrogen) atoms. The monoisotopic (exact) mass is 247 g/mol. The summed E-state index contributed by atoms with van der Waals surface area (Å²) in [7, 11) is 0. The van der Waals surface area contributed by atoms with E-state index < -0.39 is 5.91 Å². The molecule has 0 saturated heterocycles. The largest absolute Gasteiger partial charge is 0.315 e. The van der Waals surface area contributed by atoms with Gasteiger partial charge in [-0.05, 0) is 30.2 Å². The molecule has 4 nitrogen and oxygen atoms in total. The highest BCUT2D eigenvalue weighted by molar-refractivity contribution is 6.14. The van der Waals surface area contributed by atoms with Crippen molar-refractivity contribution in [2.45, 2.75) is 0 Å². The summed E-state index contributed by atoms with van der Waals surface area (Å²) >= 11 is 0. The number of rotatable bonds is 1. The Labute approximate surface area is 109 Å². The van der Waals surface area contributed by atoms with Crippen LogP contribution in [0.2, 0.25) is 0 Å². The van der Waals surface area contributed by atoms with Gasteiger partial charge in [-0.25, -0.2) is 0 Å². The molecule has 0 atom stereocenters. The number of fused-ring (bicyclic) bond motifs is 3. The third kappa shape index (κ3) is 1.87. The molecule has 0 saturated carbocycles. The SMILES string of the molecule is C#CC(=O)Nc1cc2cccnc2c2ncccc12. The van der Waals surface area contributed by atoms with E-state index >= 15 is 0 Å². The van der Waals surface area contributed by atoms with Crippen molar-refractivity contribution >= 4 is 33.4 Å². The number of aromatic nitrogens is 2. The molecule has 0 fully saturated rings. The zero-order valence-electron chi connectivity index (χ0n) is 9.92. The number of terminal acetylenes is 1. The number of carbonyl (C=O) groups excluding carboxylic acids is 1. The van der Waals surface area contributed by atoms with Crippen molar-refractivity contribution in [3.63, 3.8) is 0 Å². The first kappa shape index (κ1) is 11.2. The van der Waals surface area contributed by atoms with Gasteiger partial charge in [-0.1, -0.05) is 6.07 Å². The van der Waals surface area contributed by atoms with Gasteiger partial charge in [0.1, 0.15) is 0 Å². The summed E-state index contributed by atoms with van der Waals surface area (Å²) in [5.74, 6) is 1.56. The van der Waals surface area contributed by atoms with Gasteiger partial charge in [0.15, 0.2) is 0 Å². The van der Waals surface area contributed by atoms with Crippen LogP contribution in [-0.4, -0.2) is 15.9 Å². The predicted octanol–water partition coefficient (Wildman–Crippen LogP) is 2.35. The van der Waals surface area contributed by atoms with Crippen LogP contribution in [0.15, 0.2) is 42.7 Å². The second-order valence-electron chi connectivity index (χ2n) is 4.00. The molecule has 0 spiro atoms. The van der Waals surface area contributed by atoms with Crippen LogP contribution in [0.5, 0.6) is 0 Å². The Hall–Kier alpha value is -2.93. The average Bonchev–Trinajstić information content (AvgIpc) is 2.47. The highest BCUT2D eigenvalue weighted by Crippen LogP contribution is 2.28. The van der Waals surface area contributed by atoms with Crippen LogP contribution in [0.3, 0.4) is 0 Å². The zero-order chi connectivity index (χ0) is 13.2. The molecule has 0 aliphatic rings. The molecule has 1 amide bonds. The van der Waals surface area contributed by atoms with Gasteiger partial charge in [-0.15, -0.1) is 6.42 Å². The molecular weight excluding hydrogens is 238 g/mol. The summed E-state index contributed by atoms with van der Waals surface area (Å²) in [5.41, 5.74) is 2.19. The van der Waals surface area contributed by atoms with E-state index in [1.165, 1.54) is 0 Å². The summed E-state index contributed by atoms with van der Waals surface area (Å²) < 4.78 is 0. The molecule has 0 radical (unpaired) electrons. The second kappa shape index (κ2) is 4.39. The normalized spacial score (nSPS) is 10.3. The lowest BCUT2D eigenvalue weighted by atomic mass is 10.1. The number of anilines is 1. The first-order valence-electron chi connectivity index (χ1n) is 5.69. The summed E-state index contributed by atoms with van der Waals surface area (Å²) in [6.45, 7) is 0. The standard InChI is InChI=1S/C15H9N3O/c1-2-13(19)18-12-9-10-5-3-7-16-14(10)15-11(12)6-4-8-17-15/h1,3-9H,(H,18,19). The number of pyridine rings is 2. The van der Waals surface area contributed by atoms with Crippen LogP contribution in [-0.2, 0) is 4.79 Å². The lowest BCUT2D eigenvalue weighted by Gasteiger charge is -2.08. The Morgan fingerprint density at radius 2 is 1.89 bits per heavy atom. The van der Waals surface area contributed by atoms with E-state index in [1.54, 1.807) is 12.4 Å². The lowest BCUT2D eigenvalue weighted by Crippen LogP contribution is -2.08. The van der Waals surface area contributed by atoms with E-state index in [1.807, 2.05) is 36.3 Å². The fraction of sp³-hybridized carbons (Fsp3) is 0. The number of benzene rings is 1. The molecule has 0 bridgehead atoms. The number of hydrogen-bond donors (Lipinski definition) is 1.